The zero-order valence-corrected chi connectivity index (χ0v) is 17.6. The van der Waals surface area contributed by atoms with Gasteiger partial charge in [-0.2, -0.15) is 0 Å². The Kier molecular flexibility index (Phi) is 10.4. The van der Waals surface area contributed by atoms with Crippen LogP contribution < -0.4 is 21.7 Å². The van der Waals surface area contributed by atoms with Crippen LogP contribution in [0.4, 0.5) is 0 Å². The first-order chi connectivity index (χ1) is 15.4. The van der Waals surface area contributed by atoms with E-state index in [-0.39, 0.29) is 12.8 Å². The zero-order chi connectivity index (χ0) is 25.1. The summed E-state index contributed by atoms with van der Waals surface area (Å²) in [7, 11) is 0. The number of nitrogens with two attached hydrogens (primary N) is 1. The number of aromatic nitrogens is 2. The second-order valence-electron chi connectivity index (χ2n) is 7.11. The molecule has 15 nitrogen and oxygen atoms in total. The molecule has 33 heavy (non-hydrogen) atoms. The Morgan fingerprint density at radius 2 is 1.61 bits per heavy atom. The molecule has 0 spiro atoms. The van der Waals surface area contributed by atoms with E-state index >= 15 is 0 Å². The fourth-order valence-electron chi connectivity index (χ4n) is 2.59. The normalized spacial score (nSPS) is 14.2. The third-order valence-electron chi connectivity index (χ3n) is 4.36. The standard InChI is InChI=1S/C18H26N6O9/c1-8(15(29)24-12(18(32)33)5-14(27)28)22-17(31)11(2-3-13(25)26)23-16(30)10(19)4-9-6-20-7-21-9/h6-8,10-12H,2-5,19H2,1H3,(H,20,21)(H,22,31)(H,23,30)(H,24,29)(H,25,26)(H,27,28)(H,32,33). The Labute approximate surface area is 187 Å². The third-order valence-corrected chi connectivity index (χ3v) is 4.36. The molecule has 0 aliphatic rings. The van der Waals surface area contributed by atoms with Crippen LogP contribution in [-0.4, -0.2) is 85.1 Å². The zero-order valence-electron chi connectivity index (χ0n) is 17.6. The number of carbonyl (C=O) groups excluding carboxylic acids is 3. The topological polar surface area (TPSA) is 254 Å². The van der Waals surface area contributed by atoms with Gasteiger partial charge in [0.25, 0.3) is 0 Å². The van der Waals surface area contributed by atoms with E-state index in [9.17, 15) is 28.8 Å². The molecule has 15 heteroatoms. The van der Waals surface area contributed by atoms with Gasteiger partial charge in [0.05, 0.1) is 18.8 Å². The summed E-state index contributed by atoms with van der Waals surface area (Å²) in [5.74, 6) is -6.92. The smallest absolute Gasteiger partial charge is 0.326 e. The van der Waals surface area contributed by atoms with Crippen molar-refractivity contribution in [2.75, 3.05) is 0 Å². The van der Waals surface area contributed by atoms with Crippen LogP contribution >= 0.6 is 0 Å². The quantitative estimate of drug-likeness (QED) is 0.137. The average molecular weight is 470 g/mol. The molecule has 182 valence electrons. The van der Waals surface area contributed by atoms with E-state index in [0.29, 0.717) is 5.69 Å². The van der Waals surface area contributed by atoms with Gasteiger partial charge in [-0.1, -0.05) is 0 Å². The lowest BCUT2D eigenvalue weighted by molar-refractivity contribution is -0.147. The lowest BCUT2D eigenvalue weighted by Crippen LogP contribution is -2.56. The Morgan fingerprint density at radius 1 is 0.970 bits per heavy atom. The number of amides is 3. The number of H-pyrrole nitrogens is 1. The van der Waals surface area contributed by atoms with Gasteiger partial charge < -0.3 is 42.0 Å². The minimum atomic E-state index is -1.72. The number of nitrogens with one attached hydrogen (secondary N) is 4. The van der Waals surface area contributed by atoms with Crippen molar-refractivity contribution in [3.05, 3.63) is 18.2 Å². The largest absolute Gasteiger partial charge is 0.481 e. The van der Waals surface area contributed by atoms with E-state index in [4.69, 9.17) is 21.1 Å². The summed E-state index contributed by atoms with van der Waals surface area (Å²) in [5, 5.41) is 33.2. The van der Waals surface area contributed by atoms with Crippen molar-refractivity contribution >= 4 is 35.6 Å². The van der Waals surface area contributed by atoms with Crippen LogP contribution in [0.5, 0.6) is 0 Å². The van der Waals surface area contributed by atoms with E-state index in [1.165, 1.54) is 19.4 Å². The first kappa shape index (κ1) is 27.0. The van der Waals surface area contributed by atoms with E-state index < -0.39 is 72.6 Å². The molecule has 0 aliphatic heterocycles. The maximum Gasteiger partial charge on any atom is 0.326 e. The minimum Gasteiger partial charge on any atom is -0.481 e. The summed E-state index contributed by atoms with van der Waals surface area (Å²) in [6.07, 6.45) is 1.24. The van der Waals surface area contributed by atoms with Gasteiger partial charge in [0.1, 0.15) is 18.1 Å². The lowest BCUT2D eigenvalue weighted by Gasteiger charge is -2.23. The van der Waals surface area contributed by atoms with Crippen LogP contribution in [0.2, 0.25) is 0 Å². The molecule has 1 heterocycles. The van der Waals surface area contributed by atoms with Gasteiger partial charge in [-0.05, 0) is 13.3 Å². The number of nitrogens with zero attached hydrogens (tertiary/aromatic N) is 1. The van der Waals surface area contributed by atoms with Crippen molar-refractivity contribution in [3.63, 3.8) is 0 Å². The van der Waals surface area contributed by atoms with Crippen LogP contribution in [0.1, 0.15) is 31.9 Å². The highest BCUT2D eigenvalue weighted by Crippen LogP contribution is 2.03. The molecule has 0 fully saturated rings. The summed E-state index contributed by atoms with van der Waals surface area (Å²) in [5.41, 5.74) is 6.37. The molecule has 9 N–H and O–H groups in total. The van der Waals surface area contributed by atoms with Gasteiger partial charge in [-0.25, -0.2) is 9.78 Å². The molecule has 0 bridgehead atoms. The molecular formula is C18H26N6O9. The summed E-state index contributed by atoms with van der Waals surface area (Å²) in [4.78, 5) is 76.4. The lowest BCUT2D eigenvalue weighted by atomic mass is 10.1. The highest BCUT2D eigenvalue weighted by molar-refractivity contribution is 5.94. The summed E-state index contributed by atoms with van der Waals surface area (Å²) in [6.45, 7) is 1.20. The van der Waals surface area contributed by atoms with Gasteiger partial charge in [-0.3, -0.25) is 24.0 Å². The van der Waals surface area contributed by atoms with E-state index in [1.54, 1.807) is 0 Å². The van der Waals surface area contributed by atoms with Crippen LogP contribution in [0, 0.1) is 0 Å². The molecule has 0 saturated heterocycles. The first-order valence-electron chi connectivity index (χ1n) is 9.71. The molecule has 1 aromatic rings. The first-order valence-corrected chi connectivity index (χ1v) is 9.71. The number of hydrogen-bond acceptors (Lipinski definition) is 8. The van der Waals surface area contributed by atoms with E-state index in [1.807, 2.05) is 5.32 Å². The van der Waals surface area contributed by atoms with E-state index in [0.717, 1.165) is 0 Å². The number of carbonyl (C=O) groups is 6. The molecule has 0 saturated carbocycles. The highest BCUT2D eigenvalue weighted by Gasteiger charge is 2.29. The summed E-state index contributed by atoms with van der Waals surface area (Å²) < 4.78 is 0. The Hall–Kier alpha value is -4.01. The van der Waals surface area contributed by atoms with Gasteiger partial charge in [-0.15, -0.1) is 0 Å². The molecule has 0 radical (unpaired) electrons. The second kappa shape index (κ2) is 12.7. The fourth-order valence-corrected chi connectivity index (χ4v) is 2.59. The maximum atomic E-state index is 12.6. The number of imidazole rings is 1. The third kappa shape index (κ3) is 9.77. The Morgan fingerprint density at radius 3 is 2.12 bits per heavy atom. The molecule has 4 atom stereocenters. The monoisotopic (exact) mass is 470 g/mol. The van der Waals surface area contributed by atoms with Gasteiger partial charge in [0, 0.05) is 24.7 Å². The predicted molar refractivity (Wildman–Crippen MR) is 108 cm³/mol. The minimum absolute atomic E-state index is 0.0675. The Balaban J connectivity index is 2.78. The van der Waals surface area contributed by atoms with Crippen molar-refractivity contribution in [1.82, 2.24) is 25.9 Å². The molecule has 0 aromatic carbocycles. The number of aliphatic carboxylic acids is 3. The Bertz CT molecular complexity index is 873. The average Bonchev–Trinajstić information content (AvgIpc) is 3.22. The van der Waals surface area contributed by atoms with Crippen molar-refractivity contribution in [1.29, 1.82) is 0 Å². The molecule has 3 amide bonds. The molecule has 0 aliphatic carbocycles. The van der Waals surface area contributed by atoms with Crippen molar-refractivity contribution in [3.8, 4) is 0 Å². The second-order valence-corrected chi connectivity index (χ2v) is 7.11. The van der Waals surface area contributed by atoms with Crippen LogP contribution in [0.25, 0.3) is 0 Å². The number of rotatable bonds is 14. The van der Waals surface area contributed by atoms with Crippen LogP contribution in [-0.2, 0) is 35.2 Å². The number of hydrogen-bond donors (Lipinski definition) is 8. The predicted octanol–water partition coefficient (Wildman–Crippen LogP) is -2.82. The summed E-state index contributed by atoms with van der Waals surface area (Å²) >= 11 is 0. The van der Waals surface area contributed by atoms with Crippen molar-refractivity contribution in [2.45, 2.75) is 56.8 Å². The fraction of sp³-hybridized carbons (Fsp3) is 0.500. The van der Waals surface area contributed by atoms with E-state index in [2.05, 4.69) is 20.6 Å². The van der Waals surface area contributed by atoms with Gasteiger partial charge in [0.15, 0.2) is 0 Å². The number of carboxylic acids is 3. The maximum absolute atomic E-state index is 12.6. The molecule has 1 aromatic heterocycles. The summed E-state index contributed by atoms with van der Waals surface area (Å²) in [6, 6.07) is -5.49. The van der Waals surface area contributed by atoms with Gasteiger partial charge >= 0.3 is 17.9 Å². The number of carboxylic acid groups (broad SMARTS) is 3. The van der Waals surface area contributed by atoms with Crippen molar-refractivity contribution in [2.24, 2.45) is 5.73 Å². The highest BCUT2D eigenvalue weighted by atomic mass is 16.4. The van der Waals surface area contributed by atoms with Crippen LogP contribution in [0.3, 0.4) is 0 Å². The van der Waals surface area contributed by atoms with Gasteiger partial charge in [0.2, 0.25) is 17.7 Å². The molecule has 1 rings (SSSR count). The number of aromatic amines is 1. The SMILES string of the molecule is CC(NC(=O)C(CCC(=O)O)NC(=O)C(N)Cc1cnc[nH]1)C(=O)NC(CC(=O)O)C(=O)O. The molecular weight excluding hydrogens is 444 g/mol. The molecule has 4 unspecified atom stereocenters. The van der Waals surface area contributed by atoms with Crippen molar-refractivity contribution < 1.29 is 44.1 Å². The van der Waals surface area contributed by atoms with Crippen LogP contribution in [0.15, 0.2) is 12.5 Å².